The van der Waals surface area contributed by atoms with E-state index in [1.165, 1.54) is 20.5 Å². The van der Waals surface area contributed by atoms with Crippen molar-refractivity contribution in [3.8, 4) is 0 Å². The van der Waals surface area contributed by atoms with E-state index >= 15 is 0 Å². The second-order valence-corrected chi connectivity index (χ2v) is 5.74. The van der Waals surface area contributed by atoms with Crippen molar-refractivity contribution >= 4 is 11.9 Å². The molecule has 1 aliphatic heterocycles. The summed E-state index contributed by atoms with van der Waals surface area (Å²) in [6, 6.07) is -0.562. The molecule has 1 atom stereocenters. The average Bonchev–Trinajstić information content (AvgIpc) is 2.39. The van der Waals surface area contributed by atoms with E-state index in [4.69, 9.17) is 4.74 Å². The predicted octanol–water partition coefficient (Wildman–Crippen LogP) is 1.18. The lowest BCUT2D eigenvalue weighted by Gasteiger charge is -2.39. The van der Waals surface area contributed by atoms with Crippen molar-refractivity contribution in [3.05, 3.63) is 0 Å². The zero-order valence-electron chi connectivity index (χ0n) is 12.5. The van der Waals surface area contributed by atoms with Crippen LogP contribution in [0.2, 0.25) is 0 Å². The van der Waals surface area contributed by atoms with Crippen molar-refractivity contribution in [2.24, 2.45) is 5.41 Å². The number of rotatable bonds is 5. The fourth-order valence-electron chi connectivity index (χ4n) is 2.45. The molecule has 0 aliphatic carbocycles. The van der Waals surface area contributed by atoms with E-state index in [0.717, 1.165) is 25.9 Å². The highest BCUT2D eigenvalue weighted by atomic mass is 16.5. The lowest BCUT2D eigenvalue weighted by Crippen LogP contribution is -2.50. The Hall–Kier alpha value is -1.10. The van der Waals surface area contributed by atoms with Crippen molar-refractivity contribution in [1.29, 1.82) is 0 Å². The van der Waals surface area contributed by atoms with Crippen LogP contribution in [0.15, 0.2) is 0 Å². The van der Waals surface area contributed by atoms with Gasteiger partial charge in [-0.25, -0.2) is 4.79 Å². The zero-order chi connectivity index (χ0) is 14.5. The topological polar surface area (TPSA) is 58.6 Å². The minimum absolute atomic E-state index is 0.203. The first-order valence-electron chi connectivity index (χ1n) is 6.97. The normalized spacial score (nSPS) is 20.6. The molecule has 0 radical (unpaired) electrons. The standard InChI is InChI=1S/C14H26N2O3/c1-5-14(3)6-8-16(9-7-14)10-12(13(18)19-4)15-11(2)17/h12H,5-10H2,1-4H3,(H,15,17). The lowest BCUT2D eigenvalue weighted by atomic mass is 9.78. The first-order chi connectivity index (χ1) is 8.90. The van der Waals surface area contributed by atoms with Gasteiger partial charge in [-0.05, 0) is 31.3 Å². The molecule has 0 aromatic carbocycles. The Morgan fingerprint density at radius 2 is 1.95 bits per heavy atom. The molecule has 1 fully saturated rings. The van der Waals surface area contributed by atoms with Gasteiger partial charge < -0.3 is 15.0 Å². The maximum Gasteiger partial charge on any atom is 0.329 e. The van der Waals surface area contributed by atoms with E-state index in [0.29, 0.717) is 12.0 Å². The van der Waals surface area contributed by atoms with Crippen LogP contribution in [0.4, 0.5) is 0 Å². The molecule has 1 rings (SSSR count). The van der Waals surface area contributed by atoms with Gasteiger partial charge in [-0.3, -0.25) is 4.79 Å². The quantitative estimate of drug-likeness (QED) is 0.762. The highest BCUT2D eigenvalue weighted by Crippen LogP contribution is 2.33. The number of methoxy groups -OCH3 is 1. The van der Waals surface area contributed by atoms with Gasteiger partial charge in [0.25, 0.3) is 0 Å². The van der Waals surface area contributed by atoms with Gasteiger partial charge in [-0.15, -0.1) is 0 Å². The molecular weight excluding hydrogens is 244 g/mol. The third kappa shape index (κ3) is 4.82. The maximum atomic E-state index is 11.6. The summed E-state index contributed by atoms with van der Waals surface area (Å²) in [5.41, 5.74) is 0.422. The highest BCUT2D eigenvalue weighted by molar-refractivity contribution is 5.83. The van der Waals surface area contributed by atoms with Crippen LogP contribution in [0.5, 0.6) is 0 Å². The summed E-state index contributed by atoms with van der Waals surface area (Å²) >= 11 is 0. The number of piperidine rings is 1. The number of amides is 1. The minimum Gasteiger partial charge on any atom is -0.467 e. The Labute approximate surface area is 115 Å². The van der Waals surface area contributed by atoms with Crippen LogP contribution in [-0.4, -0.2) is 49.6 Å². The van der Waals surface area contributed by atoms with Crippen molar-refractivity contribution in [3.63, 3.8) is 0 Å². The molecular formula is C14H26N2O3. The molecule has 5 nitrogen and oxygen atoms in total. The third-order valence-corrected chi connectivity index (χ3v) is 4.22. The molecule has 1 aliphatic rings. The number of carbonyl (C=O) groups is 2. The molecule has 1 heterocycles. The summed E-state index contributed by atoms with van der Waals surface area (Å²) in [6.45, 7) is 8.43. The summed E-state index contributed by atoms with van der Waals surface area (Å²) in [7, 11) is 1.35. The Morgan fingerprint density at radius 1 is 1.37 bits per heavy atom. The summed E-state index contributed by atoms with van der Waals surface area (Å²) in [4.78, 5) is 25.0. The number of likely N-dealkylation sites (tertiary alicyclic amines) is 1. The van der Waals surface area contributed by atoms with Crippen molar-refractivity contribution in [2.45, 2.75) is 46.1 Å². The van der Waals surface area contributed by atoms with Crippen LogP contribution < -0.4 is 5.32 Å². The molecule has 5 heteroatoms. The molecule has 0 bridgehead atoms. The fourth-order valence-corrected chi connectivity index (χ4v) is 2.45. The van der Waals surface area contributed by atoms with Gasteiger partial charge in [0.1, 0.15) is 6.04 Å². The first kappa shape index (κ1) is 16.0. The van der Waals surface area contributed by atoms with Crippen LogP contribution in [0.25, 0.3) is 0 Å². The van der Waals surface area contributed by atoms with E-state index in [1.54, 1.807) is 0 Å². The van der Waals surface area contributed by atoms with Gasteiger partial charge in [0.2, 0.25) is 5.91 Å². The summed E-state index contributed by atoms with van der Waals surface area (Å²) in [6.07, 6.45) is 3.46. The average molecular weight is 270 g/mol. The molecule has 1 unspecified atom stereocenters. The van der Waals surface area contributed by atoms with Crippen LogP contribution in [0, 0.1) is 5.41 Å². The number of hydrogen-bond acceptors (Lipinski definition) is 4. The number of nitrogens with zero attached hydrogens (tertiary/aromatic N) is 1. The molecule has 110 valence electrons. The number of hydrogen-bond donors (Lipinski definition) is 1. The van der Waals surface area contributed by atoms with Crippen molar-refractivity contribution in [2.75, 3.05) is 26.7 Å². The summed E-state index contributed by atoms with van der Waals surface area (Å²) < 4.78 is 4.74. The summed E-state index contributed by atoms with van der Waals surface area (Å²) in [5.74, 6) is -0.579. The van der Waals surface area contributed by atoms with Crippen LogP contribution in [0.1, 0.15) is 40.0 Å². The Morgan fingerprint density at radius 3 is 2.37 bits per heavy atom. The molecule has 19 heavy (non-hydrogen) atoms. The van der Waals surface area contributed by atoms with Crippen molar-refractivity contribution in [1.82, 2.24) is 10.2 Å². The van der Waals surface area contributed by atoms with Gasteiger partial charge in [0, 0.05) is 13.5 Å². The van der Waals surface area contributed by atoms with E-state index < -0.39 is 6.04 Å². The van der Waals surface area contributed by atoms with Gasteiger partial charge in [-0.2, -0.15) is 0 Å². The number of esters is 1. The molecule has 0 spiro atoms. The molecule has 1 N–H and O–H groups in total. The van der Waals surface area contributed by atoms with Crippen LogP contribution in [0.3, 0.4) is 0 Å². The SMILES string of the molecule is CCC1(C)CCN(CC(NC(C)=O)C(=O)OC)CC1. The lowest BCUT2D eigenvalue weighted by molar-refractivity contribution is -0.145. The highest BCUT2D eigenvalue weighted by Gasteiger charge is 2.31. The molecule has 1 saturated heterocycles. The zero-order valence-corrected chi connectivity index (χ0v) is 12.5. The Balaban J connectivity index is 2.52. The van der Waals surface area contributed by atoms with Crippen LogP contribution >= 0.6 is 0 Å². The smallest absolute Gasteiger partial charge is 0.329 e. The molecule has 0 aromatic heterocycles. The second-order valence-electron chi connectivity index (χ2n) is 5.74. The van der Waals surface area contributed by atoms with E-state index in [-0.39, 0.29) is 11.9 Å². The van der Waals surface area contributed by atoms with Gasteiger partial charge in [0.05, 0.1) is 7.11 Å². The number of ether oxygens (including phenoxy) is 1. The molecule has 0 saturated carbocycles. The fraction of sp³-hybridized carbons (Fsp3) is 0.857. The number of carbonyl (C=O) groups excluding carboxylic acids is 2. The van der Waals surface area contributed by atoms with E-state index in [2.05, 4.69) is 24.1 Å². The largest absolute Gasteiger partial charge is 0.467 e. The summed E-state index contributed by atoms with van der Waals surface area (Å²) in [5, 5.41) is 2.66. The van der Waals surface area contributed by atoms with Crippen molar-refractivity contribution < 1.29 is 14.3 Å². The minimum atomic E-state index is -0.562. The van der Waals surface area contributed by atoms with Gasteiger partial charge >= 0.3 is 5.97 Å². The third-order valence-electron chi connectivity index (χ3n) is 4.22. The van der Waals surface area contributed by atoms with E-state index in [9.17, 15) is 9.59 Å². The first-order valence-corrected chi connectivity index (χ1v) is 6.97. The predicted molar refractivity (Wildman–Crippen MR) is 73.7 cm³/mol. The van der Waals surface area contributed by atoms with Gasteiger partial charge in [-0.1, -0.05) is 20.3 Å². The molecule has 1 amide bonds. The second kappa shape index (κ2) is 6.89. The number of nitrogens with one attached hydrogen (secondary N) is 1. The molecule has 0 aromatic rings. The van der Waals surface area contributed by atoms with Gasteiger partial charge in [0.15, 0.2) is 0 Å². The monoisotopic (exact) mass is 270 g/mol. The Bertz CT molecular complexity index is 323. The van der Waals surface area contributed by atoms with Crippen LogP contribution in [-0.2, 0) is 14.3 Å². The Kier molecular flexibility index (Phi) is 5.79. The van der Waals surface area contributed by atoms with E-state index in [1.807, 2.05) is 0 Å². The maximum absolute atomic E-state index is 11.6.